The van der Waals surface area contributed by atoms with Crippen LogP contribution >= 0.6 is 11.8 Å². The maximum Gasteiger partial charge on any atom is 0.237 e. The van der Waals surface area contributed by atoms with E-state index in [0.29, 0.717) is 19.6 Å². The first-order valence-corrected chi connectivity index (χ1v) is 18.1. The summed E-state index contributed by atoms with van der Waals surface area (Å²) in [5.74, 6) is 0.166. The first kappa shape index (κ1) is 33.0. The topological polar surface area (TPSA) is 81.8 Å². The highest BCUT2D eigenvalue weighted by Gasteiger charge is 2.44. The second-order valence-electron chi connectivity index (χ2n) is 14.8. The normalized spacial score (nSPS) is 24.9. The third-order valence-corrected chi connectivity index (χ3v) is 12.0. The largest absolute Gasteiger partial charge is 0.343 e. The Morgan fingerprint density at radius 3 is 2.46 bits per heavy atom. The average molecular weight is 649 g/mol. The molecule has 2 N–H and O–H groups in total. The van der Waals surface area contributed by atoms with E-state index in [4.69, 9.17) is 0 Å². The lowest BCUT2D eigenvalue weighted by atomic mass is 9.81. The van der Waals surface area contributed by atoms with Crippen LogP contribution in [0.15, 0.2) is 42.5 Å². The summed E-state index contributed by atoms with van der Waals surface area (Å²) in [5.41, 5.74) is 3.76. The number of piperidine rings is 2. The zero-order valence-electron chi connectivity index (χ0n) is 27.5. The fourth-order valence-electron chi connectivity index (χ4n) is 7.77. The van der Waals surface area contributed by atoms with Crippen molar-refractivity contribution < 1.29 is 18.8 Å². The van der Waals surface area contributed by atoms with Crippen LogP contribution < -0.4 is 10.6 Å². The number of likely N-dealkylation sites (tertiary alicyclic amines) is 1. The van der Waals surface area contributed by atoms with Crippen molar-refractivity contribution in [3.05, 3.63) is 65.0 Å². The smallest absolute Gasteiger partial charge is 0.237 e. The summed E-state index contributed by atoms with van der Waals surface area (Å²) < 4.78 is 15.5. The molecule has 6 rings (SSSR count). The van der Waals surface area contributed by atoms with Gasteiger partial charge in [0.05, 0.1) is 5.25 Å². The molecule has 0 spiro atoms. The van der Waals surface area contributed by atoms with E-state index in [0.717, 1.165) is 74.8 Å². The SMILES string of the molecule is CC(C)(C)CCN1C(=O)[C@H](CC(=O)N2CCC(C3CCc4ccccc4NC3=O)CC2)S[C@H]1c1cccc(F)c1C1CCNCC1. The van der Waals surface area contributed by atoms with Crippen molar-refractivity contribution in [1.29, 1.82) is 0 Å². The molecule has 9 heteroatoms. The molecule has 3 saturated heterocycles. The molecule has 248 valence electrons. The van der Waals surface area contributed by atoms with E-state index in [1.54, 1.807) is 12.1 Å². The molecule has 4 heterocycles. The van der Waals surface area contributed by atoms with Gasteiger partial charge in [-0.25, -0.2) is 4.39 Å². The van der Waals surface area contributed by atoms with Gasteiger partial charge in [-0.2, -0.15) is 0 Å². The van der Waals surface area contributed by atoms with Crippen molar-refractivity contribution >= 4 is 35.2 Å². The Morgan fingerprint density at radius 2 is 1.72 bits per heavy atom. The molecule has 0 aliphatic carbocycles. The number of hydrogen-bond acceptors (Lipinski definition) is 5. The second-order valence-corrected chi connectivity index (χ2v) is 16.1. The zero-order valence-corrected chi connectivity index (χ0v) is 28.3. The van der Waals surface area contributed by atoms with Gasteiger partial charge in [-0.3, -0.25) is 14.4 Å². The summed E-state index contributed by atoms with van der Waals surface area (Å²) >= 11 is 1.52. The number of hydrogen-bond donors (Lipinski definition) is 2. The number of para-hydroxylation sites is 1. The van der Waals surface area contributed by atoms with Gasteiger partial charge in [-0.15, -0.1) is 11.8 Å². The number of carbonyl (C=O) groups is 3. The maximum absolute atomic E-state index is 15.5. The van der Waals surface area contributed by atoms with Crippen LogP contribution in [-0.2, 0) is 20.8 Å². The molecule has 0 saturated carbocycles. The molecule has 4 aliphatic rings. The molecule has 7 nitrogen and oxygen atoms in total. The lowest BCUT2D eigenvalue weighted by Crippen LogP contribution is -2.43. The minimum Gasteiger partial charge on any atom is -0.343 e. The molecule has 3 amide bonds. The second kappa shape index (κ2) is 14.1. The van der Waals surface area contributed by atoms with E-state index in [2.05, 4.69) is 37.5 Å². The predicted molar refractivity (Wildman–Crippen MR) is 182 cm³/mol. The van der Waals surface area contributed by atoms with Crippen molar-refractivity contribution in [2.45, 2.75) is 88.7 Å². The third-order valence-electron chi connectivity index (χ3n) is 10.5. The van der Waals surface area contributed by atoms with E-state index in [-0.39, 0.29) is 58.5 Å². The quantitative estimate of drug-likeness (QED) is 0.358. The lowest BCUT2D eigenvalue weighted by Gasteiger charge is -2.35. The predicted octanol–water partition coefficient (Wildman–Crippen LogP) is 6.50. The molecular formula is C37H49FN4O3S. The van der Waals surface area contributed by atoms with Crippen molar-refractivity contribution in [2.24, 2.45) is 17.3 Å². The summed E-state index contributed by atoms with van der Waals surface area (Å²) in [5, 5.41) is 5.71. The van der Waals surface area contributed by atoms with Crippen LogP contribution in [0, 0.1) is 23.1 Å². The number of thioether (sulfide) groups is 1. The van der Waals surface area contributed by atoms with E-state index in [9.17, 15) is 14.4 Å². The Kier molecular flexibility index (Phi) is 10.1. The van der Waals surface area contributed by atoms with Crippen LogP contribution in [0.4, 0.5) is 10.1 Å². The van der Waals surface area contributed by atoms with Gasteiger partial charge in [0.2, 0.25) is 17.7 Å². The molecule has 3 atom stereocenters. The van der Waals surface area contributed by atoms with Crippen molar-refractivity contribution in [3.8, 4) is 0 Å². The monoisotopic (exact) mass is 648 g/mol. The van der Waals surface area contributed by atoms with Gasteiger partial charge in [-0.05, 0) is 104 Å². The molecule has 0 radical (unpaired) electrons. The van der Waals surface area contributed by atoms with Gasteiger partial charge in [0.15, 0.2) is 0 Å². The number of aryl methyl sites for hydroxylation is 1. The highest BCUT2D eigenvalue weighted by atomic mass is 32.2. The van der Waals surface area contributed by atoms with Crippen LogP contribution in [0.25, 0.3) is 0 Å². The Labute approximate surface area is 277 Å². The Hall–Kier alpha value is -2.91. The minimum absolute atomic E-state index is 0.00346. The zero-order chi connectivity index (χ0) is 32.4. The van der Waals surface area contributed by atoms with Crippen molar-refractivity contribution in [2.75, 3.05) is 38.0 Å². The van der Waals surface area contributed by atoms with Crippen molar-refractivity contribution in [3.63, 3.8) is 0 Å². The number of anilines is 1. The molecule has 0 bridgehead atoms. The molecule has 2 aromatic rings. The summed E-state index contributed by atoms with van der Waals surface area (Å²) in [6.45, 7) is 10.00. The number of fused-ring (bicyclic) bond motifs is 1. The van der Waals surface area contributed by atoms with Crippen LogP contribution in [-0.4, -0.2) is 65.5 Å². The molecule has 46 heavy (non-hydrogen) atoms. The Morgan fingerprint density at radius 1 is 0.978 bits per heavy atom. The standard InChI is InChI=1S/C37H49FN4O3S/c1-37(2,3)17-22-42-35(45)31(46-36(42)28-8-6-9-29(38)33(28)26-13-18-39-19-14-26)23-32(43)41-20-15-24(16-21-41)27-12-11-25-7-4-5-10-30(25)40-34(27)44/h4-10,24,26-27,31,36,39H,11-23H2,1-3H3,(H,40,44)/t27?,31-,36-/m0/s1. The number of amides is 3. The van der Waals surface area contributed by atoms with Crippen LogP contribution in [0.2, 0.25) is 0 Å². The first-order valence-electron chi connectivity index (χ1n) is 17.2. The van der Waals surface area contributed by atoms with Gasteiger partial charge in [-0.1, -0.05) is 51.1 Å². The summed E-state index contributed by atoms with van der Waals surface area (Å²) in [6, 6.07) is 13.3. The van der Waals surface area contributed by atoms with Gasteiger partial charge in [0, 0.05) is 37.7 Å². The lowest BCUT2D eigenvalue weighted by molar-refractivity contribution is -0.137. The molecule has 2 aromatic carbocycles. The summed E-state index contributed by atoms with van der Waals surface area (Å²) in [7, 11) is 0. The van der Waals surface area contributed by atoms with E-state index in [1.807, 2.05) is 34.1 Å². The van der Waals surface area contributed by atoms with Crippen LogP contribution in [0.5, 0.6) is 0 Å². The number of halogens is 1. The first-order chi connectivity index (χ1) is 22.1. The number of benzene rings is 2. The van der Waals surface area contributed by atoms with Gasteiger partial charge >= 0.3 is 0 Å². The van der Waals surface area contributed by atoms with E-state index in [1.165, 1.54) is 17.3 Å². The van der Waals surface area contributed by atoms with Gasteiger partial charge in [0.25, 0.3) is 0 Å². The average Bonchev–Trinajstić information content (AvgIpc) is 3.23. The molecule has 4 aliphatic heterocycles. The van der Waals surface area contributed by atoms with Crippen molar-refractivity contribution in [1.82, 2.24) is 15.1 Å². The van der Waals surface area contributed by atoms with E-state index >= 15 is 4.39 Å². The molecular weight excluding hydrogens is 599 g/mol. The Bertz CT molecular complexity index is 1430. The van der Waals surface area contributed by atoms with Gasteiger partial charge < -0.3 is 20.4 Å². The fourth-order valence-corrected chi connectivity index (χ4v) is 9.28. The molecule has 1 unspecified atom stereocenters. The highest BCUT2D eigenvalue weighted by molar-refractivity contribution is 8.01. The maximum atomic E-state index is 15.5. The number of nitrogens with zero attached hydrogens (tertiary/aromatic N) is 2. The summed E-state index contributed by atoms with van der Waals surface area (Å²) in [6.07, 6.45) is 5.97. The summed E-state index contributed by atoms with van der Waals surface area (Å²) in [4.78, 5) is 44.6. The molecule has 3 fully saturated rings. The third kappa shape index (κ3) is 7.30. The number of rotatable bonds is 7. The highest BCUT2D eigenvalue weighted by Crippen LogP contribution is 2.48. The number of carbonyl (C=O) groups excluding carboxylic acids is 3. The fraction of sp³-hybridized carbons (Fsp3) is 0.595. The van der Waals surface area contributed by atoms with Crippen LogP contribution in [0.1, 0.15) is 93.7 Å². The molecule has 0 aromatic heterocycles. The van der Waals surface area contributed by atoms with Crippen LogP contribution in [0.3, 0.4) is 0 Å². The Balaban J connectivity index is 1.13. The minimum atomic E-state index is -0.495. The van der Waals surface area contributed by atoms with Gasteiger partial charge in [0.1, 0.15) is 11.2 Å². The number of nitrogens with one attached hydrogen (secondary N) is 2. The van der Waals surface area contributed by atoms with E-state index < -0.39 is 5.25 Å².